The summed E-state index contributed by atoms with van der Waals surface area (Å²) in [4.78, 5) is 22.8. The molecule has 1 aromatic rings. The lowest BCUT2D eigenvalue weighted by atomic mass is 10.1. The second-order valence-corrected chi connectivity index (χ2v) is 3.71. The van der Waals surface area contributed by atoms with Gasteiger partial charge < -0.3 is 4.74 Å². The van der Waals surface area contributed by atoms with Crippen LogP contribution in [0.3, 0.4) is 0 Å². The van der Waals surface area contributed by atoms with Gasteiger partial charge in [-0.2, -0.15) is 0 Å². The second-order valence-electron chi connectivity index (χ2n) is 3.27. The van der Waals surface area contributed by atoms with E-state index in [0.29, 0.717) is 12.0 Å². The summed E-state index contributed by atoms with van der Waals surface area (Å²) in [5.41, 5.74) is 0.600. The Labute approximate surface area is 99.4 Å². The summed E-state index contributed by atoms with van der Waals surface area (Å²) in [5, 5.41) is -0.967. The molecule has 0 aromatic heterocycles. The molecular formula is C12H13ClO3. The van der Waals surface area contributed by atoms with Gasteiger partial charge in [-0.15, -0.1) is 11.6 Å². The molecule has 0 N–H and O–H groups in total. The third-order valence-corrected chi connectivity index (χ3v) is 2.41. The van der Waals surface area contributed by atoms with Gasteiger partial charge in [0.2, 0.25) is 0 Å². The van der Waals surface area contributed by atoms with Crippen molar-refractivity contribution in [3.05, 3.63) is 35.9 Å². The van der Waals surface area contributed by atoms with Crippen molar-refractivity contribution in [1.29, 1.82) is 0 Å². The Morgan fingerprint density at radius 2 is 1.94 bits per heavy atom. The summed E-state index contributed by atoms with van der Waals surface area (Å²) in [6.45, 7) is 2.09. The van der Waals surface area contributed by atoms with E-state index in [2.05, 4.69) is 0 Å². The lowest BCUT2D eigenvalue weighted by molar-refractivity contribution is -0.153. The van der Waals surface area contributed by atoms with Crippen LogP contribution in [0, 0.1) is 0 Å². The second kappa shape index (κ2) is 6.28. The first-order valence-electron chi connectivity index (χ1n) is 5.06. The lowest BCUT2D eigenvalue weighted by Crippen LogP contribution is -2.21. The van der Waals surface area contributed by atoms with Crippen molar-refractivity contribution in [2.24, 2.45) is 0 Å². The molecule has 0 heterocycles. The molecule has 1 aromatic carbocycles. The van der Waals surface area contributed by atoms with E-state index in [0.717, 1.165) is 0 Å². The minimum absolute atomic E-state index is 0.239. The monoisotopic (exact) mass is 240 g/mol. The SMILES string of the molecule is CCCOC(=O)C(=O)C(Cl)c1ccccc1. The van der Waals surface area contributed by atoms with E-state index in [9.17, 15) is 9.59 Å². The molecule has 1 unspecified atom stereocenters. The lowest BCUT2D eigenvalue weighted by Gasteiger charge is -2.07. The minimum atomic E-state index is -0.967. The summed E-state index contributed by atoms with van der Waals surface area (Å²) < 4.78 is 4.72. The van der Waals surface area contributed by atoms with Crippen LogP contribution in [-0.4, -0.2) is 18.4 Å². The number of ether oxygens (including phenoxy) is 1. The van der Waals surface area contributed by atoms with Crippen LogP contribution in [-0.2, 0) is 14.3 Å². The summed E-state index contributed by atoms with van der Waals surface area (Å²) in [7, 11) is 0. The molecule has 4 heteroatoms. The van der Waals surface area contributed by atoms with E-state index in [4.69, 9.17) is 16.3 Å². The quantitative estimate of drug-likeness (QED) is 0.451. The van der Waals surface area contributed by atoms with Crippen LogP contribution in [0.25, 0.3) is 0 Å². The van der Waals surface area contributed by atoms with E-state index in [1.807, 2.05) is 13.0 Å². The predicted octanol–water partition coefficient (Wildman–Crippen LogP) is 2.49. The van der Waals surface area contributed by atoms with Gasteiger partial charge in [0, 0.05) is 0 Å². The minimum Gasteiger partial charge on any atom is -0.460 e. The standard InChI is InChI=1S/C12H13ClO3/c1-2-8-16-12(15)11(14)10(13)9-6-4-3-5-7-9/h3-7,10H,2,8H2,1H3. The first kappa shape index (κ1) is 12.7. The van der Waals surface area contributed by atoms with E-state index < -0.39 is 17.1 Å². The maximum atomic E-state index is 11.5. The van der Waals surface area contributed by atoms with Crippen LogP contribution in [0.5, 0.6) is 0 Å². The molecule has 16 heavy (non-hydrogen) atoms. The molecule has 0 aliphatic carbocycles. The molecule has 0 spiro atoms. The van der Waals surface area contributed by atoms with Crippen LogP contribution in [0.15, 0.2) is 30.3 Å². The van der Waals surface area contributed by atoms with Gasteiger partial charge in [-0.1, -0.05) is 37.3 Å². The van der Waals surface area contributed by atoms with E-state index in [1.54, 1.807) is 24.3 Å². The number of carbonyl (C=O) groups is 2. The number of carbonyl (C=O) groups excluding carboxylic acids is 2. The van der Waals surface area contributed by atoms with Crippen LogP contribution in [0.1, 0.15) is 24.3 Å². The highest BCUT2D eigenvalue weighted by molar-refractivity contribution is 6.47. The summed E-state index contributed by atoms with van der Waals surface area (Å²) in [6, 6.07) is 8.73. The van der Waals surface area contributed by atoms with Crippen molar-refractivity contribution >= 4 is 23.4 Å². The Hall–Kier alpha value is -1.35. The van der Waals surface area contributed by atoms with Crippen molar-refractivity contribution in [1.82, 2.24) is 0 Å². The van der Waals surface area contributed by atoms with Crippen molar-refractivity contribution < 1.29 is 14.3 Å². The Kier molecular flexibility index (Phi) is 4.99. The zero-order valence-electron chi connectivity index (χ0n) is 8.98. The number of Topliss-reactive ketones (excluding diaryl/α,β-unsaturated/α-hetero) is 1. The Morgan fingerprint density at radius 3 is 2.50 bits per heavy atom. The molecule has 0 saturated heterocycles. The Balaban J connectivity index is 2.64. The fourth-order valence-corrected chi connectivity index (χ4v) is 1.38. The highest BCUT2D eigenvalue weighted by atomic mass is 35.5. The normalized spacial score (nSPS) is 11.9. The van der Waals surface area contributed by atoms with Gasteiger partial charge in [0.25, 0.3) is 5.78 Å². The summed E-state index contributed by atoms with van der Waals surface area (Å²) >= 11 is 5.88. The Morgan fingerprint density at radius 1 is 1.31 bits per heavy atom. The first-order chi connectivity index (χ1) is 7.66. The van der Waals surface area contributed by atoms with Crippen LogP contribution < -0.4 is 0 Å². The van der Waals surface area contributed by atoms with Gasteiger partial charge in [0.1, 0.15) is 5.38 Å². The molecular weight excluding hydrogens is 228 g/mol. The number of halogens is 1. The van der Waals surface area contributed by atoms with Gasteiger partial charge in [0.15, 0.2) is 0 Å². The predicted molar refractivity (Wildman–Crippen MR) is 61.3 cm³/mol. The van der Waals surface area contributed by atoms with Crippen molar-refractivity contribution in [3.8, 4) is 0 Å². The molecule has 0 aliphatic rings. The molecule has 0 saturated carbocycles. The maximum Gasteiger partial charge on any atom is 0.376 e. The van der Waals surface area contributed by atoms with Crippen LogP contribution in [0.2, 0.25) is 0 Å². The number of hydrogen-bond acceptors (Lipinski definition) is 3. The molecule has 0 radical (unpaired) electrons. The number of esters is 1. The molecule has 0 bridgehead atoms. The van der Waals surface area contributed by atoms with E-state index in [-0.39, 0.29) is 6.61 Å². The largest absolute Gasteiger partial charge is 0.460 e. The average molecular weight is 241 g/mol. The van der Waals surface area contributed by atoms with Crippen LogP contribution >= 0.6 is 11.6 Å². The van der Waals surface area contributed by atoms with Crippen molar-refractivity contribution in [2.75, 3.05) is 6.61 Å². The molecule has 1 atom stereocenters. The van der Waals surface area contributed by atoms with Gasteiger partial charge in [-0.05, 0) is 12.0 Å². The molecule has 86 valence electrons. The molecule has 0 aliphatic heterocycles. The van der Waals surface area contributed by atoms with Crippen molar-refractivity contribution in [3.63, 3.8) is 0 Å². The molecule has 1 rings (SSSR count). The number of hydrogen-bond donors (Lipinski definition) is 0. The zero-order valence-corrected chi connectivity index (χ0v) is 9.74. The highest BCUT2D eigenvalue weighted by Gasteiger charge is 2.25. The third-order valence-electron chi connectivity index (χ3n) is 1.96. The van der Waals surface area contributed by atoms with Gasteiger partial charge >= 0.3 is 5.97 Å². The maximum absolute atomic E-state index is 11.5. The zero-order chi connectivity index (χ0) is 12.0. The highest BCUT2D eigenvalue weighted by Crippen LogP contribution is 2.21. The van der Waals surface area contributed by atoms with Crippen LogP contribution in [0.4, 0.5) is 0 Å². The number of rotatable bonds is 5. The van der Waals surface area contributed by atoms with Gasteiger partial charge in [-0.25, -0.2) is 4.79 Å². The van der Waals surface area contributed by atoms with E-state index in [1.165, 1.54) is 0 Å². The molecule has 0 amide bonds. The molecule has 3 nitrogen and oxygen atoms in total. The number of ketones is 1. The number of alkyl halides is 1. The van der Waals surface area contributed by atoms with E-state index >= 15 is 0 Å². The van der Waals surface area contributed by atoms with Gasteiger partial charge in [-0.3, -0.25) is 4.79 Å². The first-order valence-corrected chi connectivity index (χ1v) is 5.50. The third kappa shape index (κ3) is 3.35. The summed E-state index contributed by atoms with van der Waals surface area (Å²) in [6.07, 6.45) is 0.678. The van der Waals surface area contributed by atoms with Crippen molar-refractivity contribution in [2.45, 2.75) is 18.7 Å². The van der Waals surface area contributed by atoms with Gasteiger partial charge in [0.05, 0.1) is 6.61 Å². The number of benzene rings is 1. The fraction of sp³-hybridized carbons (Fsp3) is 0.333. The molecule has 0 fully saturated rings. The topological polar surface area (TPSA) is 43.4 Å². The smallest absolute Gasteiger partial charge is 0.376 e. The summed E-state index contributed by atoms with van der Waals surface area (Å²) in [5.74, 6) is -1.59. The fourth-order valence-electron chi connectivity index (χ4n) is 1.14. The average Bonchev–Trinajstić information content (AvgIpc) is 2.35. The Bertz CT molecular complexity index is 362.